The van der Waals surface area contributed by atoms with Crippen LogP contribution in [0.15, 0.2) is 47.4 Å². The Labute approximate surface area is 160 Å². The van der Waals surface area contributed by atoms with Gasteiger partial charge in [0.15, 0.2) is 11.5 Å². The molecular formula is C19H18F3NO4S. The molecule has 0 amide bonds. The van der Waals surface area contributed by atoms with Gasteiger partial charge in [-0.25, -0.2) is 8.42 Å². The van der Waals surface area contributed by atoms with E-state index < -0.39 is 20.2 Å². The molecule has 5 nitrogen and oxygen atoms in total. The van der Waals surface area contributed by atoms with Crippen LogP contribution in [0.5, 0.6) is 11.5 Å². The lowest BCUT2D eigenvalue weighted by atomic mass is 10.0. The number of nitrogens with zero attached hydrogens (tertiary/aromatic N) is 1. The summed E-state index contributed by atoms with van der Waals surface area (Å²) >= 11 is 0. The molecule has 2 aliphatic heterocycles. The highest BCUT2D eigenvalue weighted by Gasteiger charge is 2.48. The molecule has 0 unspecified atom stereocenters. The highest BCUT2D eigenvalue weighted by atomic mass is 32.2. The number of hydrogen-bond donors (Lipinski definition) is 0. The fourth-order valence-corrected chi connectivity index (χ4v) is 4.68. The summed E-state index contributed by atoms with van der Waals surface area (Å²) in [5, 5.41) is 0. The molecule has 2 heterocycles. The molecule has 0 aliphatic carbocycles. The molecule has 0 spiro atoms. The van der Waals surface area contributed by atoms with Crippen molar-refractivity contribution >= 4 is 15.5 Å². The standard InChI is InChI=1S/C19H18F3NO4S/c20-19(21,22)28(24,25)18-6-2-1-4-15(18)23-9-3-5-14(23)13-7-8-16-17(12-13)27-11-10-26-16/h1-2,4,6-8,12,14H,3,5,9-11H2/t14-/m0/s1. The third-order valence-corrected chi connectivity index (χ3v) is 6.51. The van der Waals surface area contributed by atoms with E-state index in [9.17, 15) is 21.6 Å². The van der Waals surface area contributed by atoms with Crippen LogP contribution in [0.1, 0.15) is 24.4 Å². The number of ether oxygens (including phenoxy) is 2. The first kappa shape index (κ1) is 18.9. The van der Waals surface area contributed by atoms with Gasteiger partial charge in [-0.15, -0.1) is 0 Å². The SMILES string of the molecule is O=S(=O)(c1ccccc1N1CCC[C@H]1c1ccc2c(c1)OCCO2)C(F)(F)F. The maximum absolute atomic E-state index is 13.2. The van der Waals surface area contributed by atoms with E-state index in [1.807, 2.05) is 12.1 Å². The highest BCUT2D eigenvalue weighted by Crippen LogP contribution is 2.43. The Morgan fingerprint density at radius 2 is 1.71 bits per heavy atom. The Morgan fingerprint density at radius 3 is 2.46 bits per heavy atom. The van der Waals surface area contributed by atoms with Gasteiger partial charge in [-0.2, -0.15) is 13.2 Å². The molecule has 0 bridgehead atoms. The van der Waals surface area contributed by atoms with Gasteiger partial charge < -0.3 is 14.4 Å². The van der Waals surface area contributed by atoms with Crippen molar-refractivity contribution in [3.8, 4) is 11.5 Å². The third-order valence-electron chi connectivity index (χ3n) is 4.97. The fraction of sp³-hybridized carbons (Fsp3) is 0.368. The molecule has 1 fully saturated rings. The minimum absolute atomic E-state index is 0.0669. The Balaban J connectivity index is 1.74. The number of rotatable bonds is 3. The van der Waals surface area contributed by atoms with Crippen LogP contribution in [-0.2, 0) is 9.84 Å². The number of anilines is 1. The number of halogens is 3. The minimum Gasteiger partial charge on any atom is -0.486 e. The predicted molar refractivity (Wildman–Crippen MR) is 96.4 cm³/mol. The summed E-state index contributed by atoms with van der Waals surface area (Å²) in [4.78, 5) is 1.01. The van der Waals surface area contributed by atoms with Gasteiger partial charge >= 0.3 is 5.51 Å². The summed E-state index contributed by atoms with van der Waals surface area (Å²) in [5.74, 6) is 1.21. The Morgan fingerprint density at radius 1 is 1.00 bits per heavy atom. The molecule has 0 N–H and O–H groups in total. The van der Waals surface area contributed by atoms with E-state index in [1.165, 1.54) is 12.1 Å². The van der Waals surface area contributed by atoms with Crippen molar-refractivity contribution in [3.05, 3.63) is 48.0 Å². The average Bonchev–Trinajstić information content (AvgIpc) is 3.16. The quantitative estimate of drug-likeness (QED) is 0.759. The van der Waals surface area contributed by atoms with Gasteiger partial charge in [0.1, 0.15) is 13.2 Å². The first-order valence-electron chi connectivity index (χ1n) is 8.85. The lowest BCUT2D eigenvalue weighted by Gasteiger charge is -2.30. The van der Waals surface area contributed by atoms with E-state index in [0.717, 1.165) is 18.1 Å². The van der Waals surface area contributed by atoms with Gasteiger partial charge in [0, 0.05) is 6.54 Å². The summed E-state index contributed by atoms with van der Waals surface area (Å²) in [7, 11) is -5.45. The summed E-state index contributed by atoms with van der Waals surface area (Å²) in [5.41, 5.74) is -4.44. The molecule has 0 aromatic heterocycles. The maximum Gasteiger partial charge on any atom is 0.501 e. The number of sulfone groups is 1. The van der Waals surface area contributed by atoms with E-state index in [-0.39, 0.29) is 11.7 Å². The second-order valence-corrected chi connectivity index (χ2v) is 8.58. The van der Waals surface area contributed by atoms with Crippen molar-refractivity contribution in [1.82, 2.24) is 0 Å². The van der Waals surface area contributed by atoms with Crippen LogP contribution in [0.25, 0.3) is 0 Å². The summed E-state index contributed by atoms with van der Waals surface area (Å²) in [6.07, 6.45) is 1.43. The van der Waals surface area contributed by atoms with E-state index in [1.54, 1.807) is 17.0 Å². The fourth-order valence-electron chi connectivity index (χ4n) is 3.72. The molecule has 150 valence electrons. The molecule has 2 aliphatic rings. The lowest BCUT2D eigenvalue weighted by Crippen LogP contribution is -2.28. The molecule has 4 rings (SSSR count). The second kappa shape index (κ2) is 6.88. The zero-order chi connectivity index (χ0) is 19.9. The molecule has 1 atom stereocenters. The van der Waals surface area contributed by atoms with E-state index in [2.05, 4.69) is 0 Å². The van der Waals surface area contributed by atoms with Crippen molar-refractivity contribution in [2.75, 3.05) is 24.7 Å². The lowest BCUT2D eigenvalue weighted by molar-refractivity contribution is -0.0435. The molecule has 2 aromatic rings. The normalized spacial score (nSPS) is 19.7. The first-order valence-corrected chi connectivity index (χ1v) is 10.3. The number of alkyl halides is 3. The average molecular weight is 413 g/mol. The number of fused-ring (bicyclic) bond motifs is 1. The van der Waals surface area contributed by atoms with Crippen LogP contribution in [-0.4, -0.2) is 33.7 Å². The number of hydrogen-bond acceptors (Lipinski definition) is 5. The minimum atomic E-state index is -5.45. The van der Waals surface area contributed by atoms with E-state index in [0.29, 0.717) is 37.7 Å². The van der Waals surface area contributed by atoms with Gasteiger partial charge in [0.05, 0.1) is 16.6 Å². The van der Waals surface area contributed by atoms with Gasteiger partial charge in [-0.3, -0.25) is 0 Å². The van der Waals surface area contributed by atoms with E-state index in [4.69, 9.17) is 9.47 Å². The summed E-state index contributed by atoms with van der Waals surface area (Å²) in [6.45, 7) is 1.35. The molecule has 1 saturated heterocycles. The van der Waals surface area contributed by atoms with Crippen molar-refractivity contribution in [2.24, 2.45) is 0 Å². The molecular weight excluding hydrogens is 395 g/mol. The summed E-state index contributed by atoms with van der Waals surface area (Å²) in [6, 6.07) is 10.5. The van der Waals surface area contributed by atoms with Crippen LogP contribution in [0, 0.1) is 0 Å². The Hall–Kier alpha value is -2.42. The third kappa shape index (κ3) is 3.17. The largest absolute Gasteiger partial charge is 0.501 e. The van der Waals surface area contributed by atoms with Crippen LogP contribution < -0.4 is 14.4 Å². The number of benzene rings is 2. The maximum atomic E-state index is 13.2. The Bertz CT molecular complexity index is 991. The van der Waals surface area contributed by atoms with Crippen LogP contribution in [0.3, 0.4) is 0 Å². The van der Waals surface area contributed by atoms with Crippen molar-refractivity contribution in [1.29, 1.82) is 0 Å². The second-order valence-electron chi connectivity index (χ2n) is 6.67. The van der Waals surface area contributed by atoms with Crippen molar-refractivity contribution in [2.45, 2.75) is 29.3 Å². The highest BCUT2D eigenvalue weighted by molar-refractivity contribution is 7.92. The zero-order valence-electron chi connectivity index (χ0n) is 14.8. The Kier molecular flexibility index (Phi) is 4.65. The van der Waals surface area contributed by atoms with Crippen molar-refractivity contribution in [3.63, 3.8) is 0 Å². The smallest absolute Gasteiger partial charge is 0.486 e. The van der Waals surface area contributed by atoms with Crippen LogP contribution in [0.2, 0.25) is 0 Å². The van der Waals surface area contributed by atoms with Crippen LogP contribution >= 0.6 is 0 Å². The molecule has 2 aromatic carbocycles. The van der Waals surface area contributed by atoms with E-state index >= 15 is 0 Å². The molecule has 9 heteroatoms. The molecule has 28 heavy (non-hydrogen) atoms. The topological polar surface area (TPSA) is 55.8 Å². The molecule has 0 saturated carbocycles. The predicted octanol–water partition coefficient (Wildman–Crippen LogP) is 4.09. The van der Waals surface area contributed by atoms with Crippen LogP contribution in [0.4, 0.5) is 18.9 Å². The first-order chi connectivity index (χ1) is 13.3. The summed E-state index contributed by atoms with van der Waals surface area (Å²) < 4.78 is 74.7. The zero-order valence-corrected chi connectivity index (χ0v) is 15.6. The van der Waals surface area contributed by atoms with Crippen molar-refractivity contribution < 1.29 is 31.1 Å². The van der Waals surface area contributed by atoms with Gasteiger partial charge in [-0.05, 0) is 42.7 Å². The van der Waals surface area contributed by atoms with Gasteiger partial charge in [0.2, 0.25) is 0 Å². The monoisotopic (exact) mass is 413 g/mol. The molecule has 0 radical (unpaired) electrons. The van der Waals surface area contributed by atoms with Gasteiger partial charge in [0.25, 0.3) is 9.84 Å². The van der Waals surface area contributed by atoms with Gasteiger partial charge in [-0.1, -0.05) is 18.2 Å². The number of para-hydroxylation sites is 1.